The fraction of sp³-hybridized carbons (Fsp3) is 0.318. The van der Waals surface area contributed by atoms with Crippen molar-refractivity contribution in [2.24, 2.45) is 0 Å². The molecule has 0 bridgehead atoms. The van der Waals surface area contributed by atoms with Crippen molar-refractivity contribution in [1.29, 1.82) is 0 Å². The summed E-state index contributed by atoms with van der Waals surface area (Å²) in [7, 11) is 0. The van der Waals surface area contributed by atoms with Crippen molar-refractivity contribution in [3.8, 4) is 5.75 Å². The molecule has 2 aliphatic rings. The van der Waals surface area contributed by atoms with Gasteiger partial charge in [-0.15, -0.1) is 0 Å². The molecular weight excluding hydrogens is 370 g/mol. The third-order valence-electron chi connectivity index (χ3n) is 5.92. The van der Waals surface area contributed by atoms with Crippen LogP contribution in [-0.2, 0) is 11.3 Å². The van der Waals surface area contributed by atoms with E-state index in [1.807, 2.05) is 30.3 Å². The summed E-state index contributed by atoms with van der Waals surface area (Å²) in [5, 5.41) is 12.3. The molecule has 2 saturated heterocycles. The molecule has 4 rings (SSSR count). The molecule has 2 N–H and O–H groups in total. The molecule has 1 spiro atoms. The number of urea groups is 1. The van der Waals surface area contributed by atoms with Crippen molar-refractivity contribution >= 4 is 17.8 Å². The van der Waals surface area contributed by atoms with Crippen LogP contribution in [0.3, 0.4) is 0 Å². The Kier molecular flexibility index (Phi) is 4.74. The zero-order valence-electron chi connectivity index (χ0n) is 16.2. The molecule has 7 nitrogen and oxygen atoms in total. The number of amides is 4. The van der Waals surface area contributed by atoms with E-state index in [2.05, 4.69) is 5.32 Å². The molecule has 2 aromatic rings. The Labute approximate surface area is 168 Å². The number of piperidine rings is 1. The smallest absolute Gasteiger partial charge is 0.325 e. The SMILES string of the molecule is Cc1ccc(C(=O)N2CCC3(CC2)C(=O)NC(=O)N3Cc2ccccc2)cc1O. The average Bonchev–Trinajstić information content (AvgIpc) is 2.95. The first-order valence-corrected chi connectivity index (χ1v) is 9.66. The van der Waals surface area contributed by atoms with Crippen LogP contribution in [0.25, 0.3) is 0 Å². The van der Waals surface area contributed by atoms with Crippen LogP contribution in [0.4, 0.5) is 4.79 Å². The minimum atomic E-state index is -0.931. The third-order valence-corrected chi connectivity index (χ3v) is 5.92. The van der Waals surface area contributed by atoms with Crippen LogP contribution < -0.4 is 5.32 Å². The van der Waals surface area contributed by atoms with E-state index in [-0.39, 0.29) is 23.6 Å². The number of imide groups is 1. The van der Waals surface area contributed by atoms with Gasteiger partial charge < -0.3 is 14.9 Å². The van der Waals surface area contributed by atoms with Crippen LogP contribution in [0, 0.1) is 6.92 Å². The number of aromatic hydroxyl groups is 1. The molecule has 2 aromatic carbocycles. The lowest BCUT2D eigenvalue weighted by molar-refractivity contribution is -0.129. The Balaban J connectivity index is 1.51. The summed E-state index contributed by atoms with van der Waals surface area (Å²) in [4.78, 5) is 41.2. The van der Waals surface area contributed by atoms with E-state index >= 15 is 0 Å². The van der Waals surface area contributed by atoms with Crippen molar-refractivity contribution in [3.05, 3.63) is 65.2 Å². The highest BCUT2D eigenvalue weighted by atomic mass is 16.3. The molecule has 0 aromatic heterocycles. The molecule has 0 atom stereocenters. The number of aryl methyl sites for hydroxylation is 1. The van der Waals surface area contributed by atoms with Crippen LogP contribution in [0.2, 0.25) is 0 Å². The molecule has 0 saturated carbocycles. The van der Waals surface area contributed by atoms with Crippen molar-refractivity contribution in [2.45, 2.75) is 31.8 Å². The molecule has 29 heavy (non-hydrogen) atoms. The number of phenols is 1. The zero-order valence-corrected chi connectivity index (χ0v) is 16.2. The number of benzene rings is 2. The van der Waals surface area contributed by atoms with Crippen molar-refractivity contribution in [3.63, 3.8) is 0 Å². The van der Waals surface area contributed by atoms with Crippen molar-refractivity contribution in [1.82, 2.24) is 15.1 Å². The number of nitrogens with zero attached hydrogens (tertiary/aromatic N) is 2. The number of rotatable bonds is 3. The van der Waals surface area contributed by atoms with Gasteiger partial charge in [-0.2, -0.15) is 0 Å². The van der Waals surface area contributed by atoms with Crippen LogP contribution in [-0.4, -0.2) is 51.4 Å². The lowest BCUT2D eigenvalue weighted by Crippen LogP contribution is -2.57. The number of nitrogens with one attached hydrogen (secondary N) is 1. The number of phenolic OH excluding ortho intramolecular Hbond substituents is 1. The summed E-state index contributed by atoms with van der Waals surface area (Å²) in [6, 6.07) is 14.0. The van der Waals surface area contributed by atoms with Gasteiger partial charge in [-0.05, 0) is 43.0 Å². The summed E-state index contributed by atoms with van der Waals surface area (Å²) in [6.45, 7) is 2.84. The van der Waals surface area contributed by atoms with Gasteiger partial charge >= 0.3 is 6.03 Å². The van der Waals surface area contributed by atoms with Gasteiger partial charge in [-0.1, -0.05) is 36.4 Å². The highest BCUT2D eigenvalue weighted by Crippen LogP contribution is 2.35. The van der Waals surface area contributed by atoms with Crippen LogP contribution in [0.15, 0.2) is 48.5 Å². The van der Waals surface area contributed by atoms with Crippen molar-refractivity contribution in [2.75, 3.05) is 13.1 Å². The molecule has 0 unspecified atom stereocenters. The maximum absolute atomic E-state index is 12.8. The summed E-state index contributed by atoms with van der Waals surface area (Å²) in [5.74, 6) is -0.396. The number of carbonyl (C=O) groups is 3. The number of hydrogen-bond donors (Lipinski definition) is 2. The molecular formula is C22H23N3O4. The second-order valence-corrected chi connectivity index (χ2v) is 7.66. The van der Waals surface area contributed by atoms with E-state index in [0.717, 1.165) is 5.56 Å². The Morgan fingerprint density at radius 3 is 2.45 bits per heavy atom. The normalized spacial score (nSPS) is 18.2. The second-order valence-electron chi connectivity index (χ2n) is 7.66. The van der Waals surface area contributed by atoms with Gasteiger partial charge in [0.15, 0.2) is 0 Å². The lowest BCUT2D eigenvalue weighted by Gasteiger charge is -2.42. The minimum absolute atomic E-state index is 0.0825. The van der Waals surface area contributed by atoms with Gasteiger partial charge in [0, 0.05) is 25.2 Å². The zero-order chi connectivity index (χ0) is 20.6. The standard InChI is InChI=1S/C22H23N3O4/c1-15-7-8-17(13-18(15)26)19(27)24-11-9-22(10-12-24)20(28)23-21(29)25(22)14-16-5-3-2-4-6-16/h2-8,13,26H,9-12,14H2,1H3,(H,23,28,29). The fourth-order valence-electron chi connectivity index (χ4n) is 4.09. The first kappa shape index (κ1) is 19.0. The van der Waals surface area contributed by atoms with Gasteiger partial charge in [0.25, 0.3) is 11.8 Å². The minimum Gasteiger partial charge on any atom is -0.508 e. The Hall–Kier alpha value is -3.35. The number of carbonyl (C=O) groups excluding carboxylic acids is 3. The summed E-state index contributed by atoms with van der Waals surface area (Å²) >= 11 is 0. The predicted octanol–water partition coefficient (Wildman–Crippen LogP) is 2.43. The summed E-state index contributed by atoms with van der Waals surface area (Å²) < 4.78 is 0. The van der Waals surface area contributed by atoms with Gasteiger partial charge in [0.2, 0.25) is 0 Å². The number of likely N-dealkylation sites (tertiary alicyclic amines) is 1. The molecule has 2 aliphatic heterocycles. The van der Waals surface area contributed by atoms with Gasteiger partial charge in [-0.25, -0.2) is 4.79 Å². The Morgan fingerprint density at radius 2 is 1.79 bits per heavy atom. The van der Waals surface area contributed by atoms with E-state index in [0.29, 0.717) is 43.6 Å². The predicted molar refractivity (Wildman–Crippen MR) is 106 cm³/mol. The quantitative estimate of drug-likeness (QED) is 0.784. The van der Waals surface area contributed by atoms with E-state index in [9.17, 15) is 19.5 Å². The molecule has 2 fully saturated rings. The number of hydrogen-bond acceptors (Lipinski definition) is 4. The van der Waals surface area contributed by atoms with E-state index in [1.54, 1.807) is 28.9 Å². The molecule has 0 radical (unpaired) electrons. The molecule has 2 heterocycles. The Morgan fingerprint density at radius 1 is 1.10 bits per heavy atom. The van der Waals surface area contributed by atoms with E-state index in [4.69, 9.17) is 0 Å². The van der Waals surface area contributed by atoms with E-state index < -0.39 is 5.54 Å². The van der Waals surface area contributed by atoms with Crippen LogP contribution in [0.5, 0.6) is 5.75 Å². The van der Waals surface area contributed by atoms with E-state index in [1.165, 1.54) is 6.07 Å². The van der Waals surface area contributed by atoms with Crippen LogP contribution in [0.1, 0.15) is 34.3 Å². The van der Waals surface area contributed by atoms with Gasteiger partial charge in [-0.3, -0.25) is 14.9 Å². The molecule has 150 valence electrons. The average molecular weight is 393 g/mol. The fourth-order valence-corrected chi connectivity index (χ4v) is 4.09. The van der Waals surface area contributed by atoms with Crippen molar-refractivity contribution < 1.29 is 19.5 Å². The second kappa shape index (κ2) is 7.24. The van der Waals surface area contributed by atoms with Gasteiger partial charge in [0.1, 0.15) is 11.3 Å². The van der Waals surface area contributed by atoms with Gasteiger partial charge in [0.05, 0.1) is 0 Å². The molecule has 4 amide bonds. The first-order chi connectivity index (χ1) is 13.9. The third kappa shape index (κ3) is 3.33. The molecule has 7 heteroatoms. The topological polar surface area (TPSA) is 90.0 Å². The maximum atomic E-state index is 12.8. The summed E-state index contributed by atoms with van der Waals surface area (Å²) in [5.41, 5.74) is 1.14. The largest absolute Gasteiger partial charge is 0.508 e. The lowest BCUT2D eigenvalue weighted by atomic mass is 9.85. The highest BCUT2D eigenvalue weighted by Gasteiger charge is 2.54. The summed E-state index contributed by atoms with van der Waals surface area (Å²) in [6.07, 6.45) is 0.752. The first-order valence-electron chi connectivity index (χ1n) is 9.66. The monoisotopic (exact) mass is 393 g/mol. The molecule has 0 aliphatic carbocycles. The Bertz CT molecular complexity index is 965. The highest BCUT2D eigenvalue weighted by molar-refractivity contribution is 6.07. The maximum Gasteiger partial charge on any atom is 0.325 e. The van der Waals surface area contributed by atoms with Crippen LogP contribution >= 0.6 is 0 Å².